The summed E-state index contributed by atoms with van der Waals surface area (Å²) in [5, 5.41) is 20.0. The minimum atomic E-state index is 0.373. The van der Waals surface area contributed by atoms with Crippen LogP contribution in [0.25, 0.3) is 28.2 Å². The Morgan fingerprint density at radius 2 is 1.81 bits per heavy atom. The molecule has 0 unspecified atom stereocenters. The van der Waals surface area contributed by atoms with Crippen molar-refractivity contribution in [1.82, 2.24) is 35.2 Å². The van der Waals surface area contributed by atoms with Crippen LogP contribution in [0.15, 0.2) is 71.9 Å². The van der Waals surface area contributed by atoms with Gasteiger partial charge in [0.25, 0.3) is 0 Å². The van der Waals surface area contributed by atoms with Crippen molar-refractivity contribution in [2.45, 2.75) is 30.5 Å². The zero-order valence-corrected chi connectivity index (χ0v) is 18.0. The molecule has 0 atom stereocenters. The molecule has 154 valence electrons. The number of H-pyrrole nitrogens is 1. The second kappa shape index (κ2) is 8.31. The Kier molecular flexibility index (Phi) is 5.21. The van der Waals surface area contributed by atoms with Crippen molar-refractivity contribution in [3.05, 3.63) is 78.1 Å². The zero-order chi connectivity index (χ0) is 21.2. The van der Waals surface area contributed by atoms with Crippen molar-refractivity contribution in [2.24, 2.45) is 0 Å². The second-order valence-corrected chi connectivity index (χ2v) is 8.54. The monoisotopic (exact) mass is 427 g/mol. The summed E-state index contributed by atoms with van der Waals surface area (Å²) in [5.74, 6) is 1.82. The van der Waals surface area contributed by atoms with Gasteiger partial charge in [0.15, 0.2) is 5.65 Å². The lowest BCUT2D eigenvalue weighted by Crippen LogP contribution is -2.01. The summed E-state index contributed by atoms with van der Waals surface area (Å²) in [4.78, 5) is 4.70. The van der Waals surface area contributed by atoms with Gasteiger partial charge in [-0.2, -0.15) is 10.3 Å². The van der Waals surface area contributed by atoms with Gasteiger partial charge in [-0.3, -0.25) is 0 Å². The fraction of sp³-hybridized carbons (Fsp3) is 0.174. The van der Waals surface area contributed by atoms with Crippen molar-refractivity contribution in [2.75, 3.05) is 0 Å². The summed E-state index contributed by atoms with van der Waals surface area (Å²) < 4.78 is 1.91. The molecule has 7 nitrogen and oxygen atoms in total. The summed E-state index contributed by atoms with van der Waals surface area (Å²) in [7, 11) is 0. The van der Waals surface area contributed by atoms with Gasteiger partial charge in [-0.25, -0.2) is 9.50 Å². The smallest absolute Gasteiger partial charge is 0.205 e. The largest absolute Gasteiger partial charge is 0.233 e. The van der Waals surface area contributed by atoms with Gasteiger partial charge in [0.05, 0.1) is 6.20 Å². The van der Waals surface area contributed by atoms with Gasteiger partial charge in [-0.1, -0.05) is 62.4 Å². The van der Waals surface area contributed by atoms with E-state index in [0.717, 1.165) is 38.8 Å². The van der Waals surface area contributed by atoms with Crippen molar-refractivity contribution in [3.63, 3.8) is 0 Å². The molecule has 3 heterocycles. The predicted molar refractivity (Wildman–Crippen MR) is 122 cm³/mol. The van der Waals surface area contributed by atoms with Gasteiger partial charge in [0, 0.05) is 23.1 Å². The SMILES string of the molecule is CC(C)c1cc(SCc2ccc(-c3ccccc3-c3nn[nH]n3)cc2)n2nccc2n1. The van der Waals surface area contributed by atoms with E-state index in [9.17, 15) is 0 Å². The highest BCUT2D eigenvalue weighted by atomic mass is 32.2. The molecule has 0 fully saturated rings. The van der Waals surface area contributed by atoms with Gasteiger partial charge in [-0.05, 0) is 33.9 Å². The molecule has 31 heavy (non-hydrogen) atoms. The summed E-state index contributed by atoms with van der Waals surface area (Å²) in [6, 6.07) is 20.8. The van der Waals surface area contributed by atoms with Crippen LogP contribution in [0.4, 0.5) is 0 Å². The molecular formula is C23H21N7S. The van der Waals surface area contributed by atoms with E-state index in [-0.39, 0.29) is 0 Å². The van der Waals surface area contributed by atoms with Gasteiger partial charge >= 0.3 is 0 Å². The molecule has 2 aromatic carbocycles. The van der Waals surface area contributed by atoms with Crippen LogP contribution in [-0.2, 0) is 5.75 Å². The Labute approximate surface area is 183 Å². The second-order valence-electron chi connectivity index (χ2n) is 7.54. The highest BCUT2D eigenvalue weighted by molar-refractivity contribution is 7.98. The van der Waals surface area contributed by atoms with E-state index in [0.29, 0.717) is 11.7 Å². The molecule has 5 rings (SSSR count). The van der Waals surface area contributed by atoms with E-state index >= 15 is 0 Å². The van der Waals surface area contributed by atoms with Crippen molar-refractivity contribution in [1.29, 1.82) is 0 Å². The first-order valence-electron chi connectivity index (χ1n) is 10.1. The number of nitrogens with one attached hydrogen (secondary N) is 1. The number of hydrogen-bond acceptors (Lipinski definition) is 6. The van der Waals surface area contributed by atoms with E-state index in [1.165, 1.54) is 5.56 Å². The Morgan fingerprint density at radius 1 is 1.00 bits per heavy atom. The average Bonchev–Trinajstić information content (AvgIpc) is 3.50. The molecule has 0 aliphatic carbocycles. The van der Waals surface area contributed by atoms with Crippen LogP contribution in [-0.4, -0.2) is 35.2 Å². The van der Waals surface area contributed by atoms with Gasteiger partial charge < -0.3 is 0 Å². The van der Waals surface area contributed by atoms with Crippen LogP contribution in [0.3, 0.4) is 0 Å². The molecule has 0 amide bonds. The minimum absolute atomic E-state index is 0.373. The molecule has 1 N–H and O–H groups in total. The van der Waals surface area contributed by atoms with Crippen LogP contribution < -0.4 is 0 Å². The number of thioether (sulfide) groups is 1. The van der Waals surface area contributed by atoms with Crippen LogP contribution in [0.2, 0.25) is 0 Å². The van der Waals surface area contributed by atoms with E-state index < -0.39 is 0 Å². The average molecular weight is 428 g/mol. The third kappa shape index (κ3) is 3.94. The van der Waals surface area contributed by atoms with Gasteiger partial charge in [0.1, 0.15) is 5.03 Å². The third-order valence-corrected chi connectivity index (χ3v) is 6.17. The third-order valence-electron chi connectivity index (χ3n) is 5.10. The molecule has 0 spiro atoms. The lowest BCUT2D eigenvalue weighted by molar-refractivity contribution is 0.772. The van der Waals surface area contributed by atoms with Crippen molar-refractivity contribution in [3.8, 4) is 22.5 Å². The van der Waals surface area contributed by atoms with E-state index in [1.54, 1.807) is 18.0 Å². The van der Waals surface area contributed by atoms with Gasteiger partial charge in [-0.15, -0.1) is 22.0 Å². The summed E-state index contributed by atoms with van der Waals surface area (Å²) in [6.07, 6.45) is 1.80. The molecule has 0 saturated heterocycles. The Hall–Kier alpha value is -3.52. The first kappa shape index (κ1) is 19.4. The minimum Gasteiger partial charge on any atom is -0.233 e. The topological polar surface area (TPSA) is 84.7 Å². The van der Waals surface area contributed by atoms with E-state index in [4.69, 9.17) is 4.98 Å². The highest BCUT2D eigenvalue weighted by Crippen LogP contribution is 2.31. The van der Waals surface area contributed by atoms with Crippen LogP contribution >= 0.6 is 11.8 Å². The van der Waals surface area contributed by atoms with E-state index in [2.05, 4.69) is 76.0 Å². The number of fused-ring (bicyclic) bond motifs is 1. The van der Waals surface area contributed by atoms with Crippen molar-refractivity contribution >= 4 is 17.4 Å². The number of rotatable bonds is 6. The lowest BCUT2D eigenvalue weighted by atomic mass is 9.98. The molecule has 0 aliphatic heterocycles. The molecule has 5 aromatic rings. The number of benzene rings is 2. The molecule has 3 aromatic heterocycles. The standard InChI is InChI=1S/C23H21N7S/c1-15(2)20-13-22(30-21(25-20)11-12-24-30)31-14-16-7-9-17(10-8-16)18-5-3-4-6-19(18)23-26-28-29-27-23/h3-13,15H,14H2,1-2H3,(H,26,27,28,29). The number of nitrogens with zero attached hydrogens (tertiary/aromatic N) is 6. The first-order chi connectivity index (χ1) is 15.2. The maximum Gasteiger partial charge on any atom is 0.205 e. The Bertz CT molecular complexity index is 1310. The molecular weight excluding hydrogens is 406 g/mol. The maximum atomic E-state index is 4.70. The molecule has 0 aliphatic rings. The molecule has 0 bridgehead atoms. The maximum absolute atomic E-state index is 4.70. The van der Waals surface area contributed by atoms with Crippen molar-refractivity contribution < 1.29 is 0 Å². The van der Waals surface area contributed by atoms with Crippen LogP contribution in [0.1, 0.15) is 31.0 Å². The number of aromatic amines is 1. The zero-order valence-electron chi connectivity index (χ0n) is 17.2. The number of aromatic nitrogens is 7. The van der Waals surface area contributed by atoms with E-state index in [1.807, 2.05) is 28.8 Å². The Balaban J connectivity index is 1.38. The molecule has 8 heteroatoms. The summed E-state index contributed by atoms with van der Waals surface area (Å²) in [6.45, 7) is 4.32. The highest BCUT2D eigenvalue weighted by Gasteiger charge is 2.12. The van der Waals surface area contributed by atoms with Crippen LogP contribution in [0.5, 0.6) is 0 Å². The fourth-order valence-corrected chi connectivity index (χ4v) is 4.42. The quantitative estimate of drug-likeness (QED) is 0.303. The van der Waals surface area contributed by atoms with Gasteiger partial charge in [0.2, 0.25) is 5.82 Å². The number of tetrazole rings is 1. The normalized spacial score (nSPS) is 11.5. The fourth-order valence-electron chi connectivity index (χ4n) is 3.45. The summed E-state index contributed by atoms with van der Waals surface area (Å²) >= 11 is 1.77. The number of hydrogen-bond donors (Lipinski definition) is 1. The predicted octanol–water partition coefficient (Wildman–Crippen LogP) is 4.99. The summed E-state index contributed by atoms with van der Waals surface area (Å²) in [5.41, 5.74) is 6.38. The van der Waals surface area contributed by atoms with Crippen LogP contribution in [0, 0.1) is 0 Å². The molecule has 0 radical (unpaired) electrons. The first-order valence-corrected chi connectivity index (χ1v) is 11.1. The lowest BCUT2D eigenvalue weighted by Gasteiger charge is -2.11. The molecule has 0 saturated carbocycles. The Morgan fingerprint density at radius 3 is 2.55 bits per heavy atom.